The van der Waals surface area contributed by atoms with Gasteiger partial charge in [0.05, 0.1) is 0 Å². The van der Waals surface area contributed by atoms with E-state index in [1.807, 2.05) is 0 Å². The van der Waals surface area contributed by atoms with Crippen molar-refractivity contribution in [2.24, 2.45) is 0 Å². The van der Waals surface area contributed by atoms with E-state index in [4.69, 9.17) is 31.2 Å². The first kappa shape index (κ1) is 8.56. The Labute approximate surface area is 51.2 Å². The molecule has 0 saturated heterocycles. The van der Waals surface area contributed by atoms with Gasteiger partial charge >= 0.3 is 50.3 Å². The zero-order valence-corrected chi connectivity index (χ0v) is 5.68. The quantitative estimate of drug-likeness (QED) is 0.409. The number of rotatable bonds is 2. The fraction of sp³-hybridized carbons (Fsp3) is 1.00. The zero-order chi connectivity index (χ0) is 6.86. The second kappa shape index (κ2) is 2.06. The predicted octanol–water partition coefficient (Wildman–Crippen LogP) is -0.592. The average molecular weight is 163 g/mol. The van der Waals surface area contributed by atoms with E-state index in [0.717, 1.165) is 0 Å². The molecule has 0 aliphatic heterocycles. The van der Waals surface area contributed by atoms with Crippen LogP contribution in [-0.4, -0.2) is 32.7 Å². The molecule has 0 heterocycles. The van der Waals surface area contributed by atoms with Gasteiger partial charge in [-0.15, -0.1) is 0 Å². The van der Waals surface area contributed by atoms with Crippen molar-refractivity contribution < 1.29 is 20.0 Å². The number of aliphatic hydroxyl groups is 2. The van der Waals surface area contributed by atoms with Gasteiger partial charge in [-0.3, -0.25) is 0 Å². The molecule has 0 aliphatic carbocycles. The summed E-state index contributed by atoms with van der Waals surface area (Å²) in [5.41, 5.74) is 0. The summed E-state index contributed by atoms with van der Waals surface area (Å²) >= 11 is 4.90. The van der Waals surface area contributed by atoms with Crippen LogP contribution in [0.1, 0.15) is 0 Å². The Morgan fingerprint density at radius 3 is 1.38 bits per heavy atom. The van der Waals surface area contributed by atoms with Crippen LogP contribution in [0.5, 0.6) is 0 Å². The maximum absolute atomic E-state index is 8.55. The first-order valence-electron chi connectivity index (χ1n) is 1.83. The monoisotopic (exact) mass is 162 g/mol. The molecule has 0 spiro atoms. The second-order valence-electron chi connectivity index (χ2n) is 1.55. The van der Waals surface area contributed by atoms with E-state index in [-0.39, 0.29) is 0 Å². The molecule has 0 aromatic rings. The third-order valence-electron chi connectivity index (χ3n) is 0.560. The average Bonchev–Trinajstić information content (AvgIpc) is 1.68. The van der Waals surface area contributed by atoms with Crippen LogP contribution >= 0.6 is 17.7 Å². The molecule has 0 fully saturated rings. The second-order valence-corrected chi connectivity index (χ2v) is 7.00. The molecular formula is C2H8ClO4P. The molecule has 0 rings (SSSR count). The van der Waals surface area contributed by atoms with Gasteiger partial charge in [-0.05, 0) is 0 Å². The Kier molecular flexibility index (Phi) is 2.21. The van der Waals surface area contributed by atoms with E-state index in [9.17, 15) is 0 Å². The number of hydrogen-bond acceptors (Lipinski definition) is 4. The number of hydrogen-bond donors (Lipinski definition) is 4. The number of halogens is 1. The SMILES string of the molecule is OCP(O)(O)(Cl)CO. The van der Waals surface area contributed by atoms with E-state index in [2.05, 4.69) is 0 Å². The summed E-state index contributed by atoms with van der Waals surface area (Å²) in [5, 5.41) is 16.2. The van der Waals surface area contributed by atoms with Crippen LogP contribution in [0, 0.1) is 0 Å². The van der Waals surface area contributed by atoms with Crippen molar-refractivity contribution in [2.75, 3.05) is 12.7 Å². The Hall–Kier alpha value is 0.560. The van der Waals surface area contributed by atoms with E-state index < -0.39 is 19.1 Å². The first-order chi connectivity index (χ1) is 3.39. The van der Waals surface area contributed by atoms with E-state index in [1.54, 1.807) is 0 Å². The minimum absolute atomic E-state index is 0.982. The molecule has 4 N–H and O–H groups in total. The van der Waals surface area contributed by atoms with Crippen LogP contribution in [0.15, 0.2) is 0 Å². The van der Waals surface area contributed by atoms with E-state index in [0.29, 0.717) is 0 Å². The summed E-state index contributed by atoms with van der Waals surface area (Å²) in [6.45, 7) is 0. The molecule has 0 aliphatic rings. The Balaban J connectivity index is 3.99. The third-order valence-corrected chi connectivity index (χ3v) is 2.32. The molecule has 0 amide bonds. The summed E-state index contributed by atoms with van der Waals surface area (Å²) in [7, 11) is 0. The maximum atomic E-state index is 8.55. The molecule has 0 saturated carbocycles. The van der Waals surface area contributed by atoms with Gasteiger partial charge in [-0.1, -0.05) is 0 Å². The first-order valence-corrected chi connectivity index (χ1v) is 5.25. The molecule has 0 bridgehead atoms. The van der Waals surface area contributed by atoms with Gasteiger partial charge in [0.1, 0.15) is 0 Å². The van der Waals surface area contributed by atoms with Crippen LogP contribution in [0.3, 0.4) is 0 Å². The summed E-state index contributed by atoms with van der Waals surface area (Å²) in [6, 6.07) is 0. The van der Waals surface area contributed by atoms with Gasteiger partial charge in [-0.2, -0.15) is 0 Å². The normalized spacial score (nSPS) is 17.4. The molecule has 0 aromatic carbocycles. The van der Waals surface area contributed by atoms with Crippen LogP contribution in [0.25, 0.3) is 0 Å². The van der Waals surface area contributed by atoms with Crippen LogP contribution < -0.4 is 0 Å². The molecule has 0 radical (unpaired) electrons. The fourth-order valence-corrected chi connectivity index (χ4v) is 0.134. The van der Waals surface area contributed by atoms with Crippen molar-refractivity contribution in [3.63, 3.8) is 0 Å². The third kappa shape index (κ3) is 2.77. The minimum atomic E-state index is -4.52. The number of aliphatic hydroxyl groups excluding tert-OH is 2. The molecule has 52 valence electrons. The molecule has 8 heavy (non-hydrogen) atoms. The van der Waals surface area contributed by atoms with Crippen LogP contribution in [-0.2, 0) is 0 Å². The zero-order valence-electron chi connectivity index (χ0n) is 4.03. The molecule has 4 nitrogen and oxygen atoms in total. The van der Waals surface area contributed by atoms with Crippen LogP contribution in [0.4, 0.5) is 0 Å². The van der Waals surface area contributed by atoms with Gasteiger partial charge < -0.3 is 0 Å². The van der Waals surface area contributed by atoms with Gasteiger partial charge in [0, 0.05) is 0 Å². The molecule has 0 unspecified atom stereocenters. The van der Waals surface area contributed by atoms with Crippen molar-refractivity contribution in [3.05, 3.63) is 0 Å². The Morgan fingerprint density at radius 2 is 1.38 bits per heavy atom. The molecule has 0 aromatic heterocycles. The molecule has 0 atom stereocenters. The summed E-state index contributed by atoms with van der Waals surface area (Å²) in [5.74, 6) is 0. The van der Waals surface area contributed by atoms with Gasteiger partial charge in [0.15, 0.2) is 0 Å². The van der Waals surface area contributed by atoms with Crippen molar-refractivity contribution in [1.82, 2.24) is 0 Å². The Bertz CT molecular complexity index is 77.8. The molecule has 6 heteroatoms. The topological polar surface area (TPSA) is 80.9 Å². The summed E-state index contributed by atoms with van der Waals surface area (Å²) in [6.07, 6.45) is -6.48. The Morgan fingerprint density at radius 1 is 1.12 bits per heavy atom. The summed E-state index contributed by atoms with van der Waals surface area (Å²) in [4.78, 5) is 17.1. The van der Waals surface area contributed by atoms with E-state index >= 15 is 0 Å². The predicted molar refractivity (Wildman–Crippen MR) is 31.4 cm³/mol. The van der Waals surface area contributed by atoms with Crippen molar-refractivity contribution in [3.8, 4) is 0 Å². The van der Waals surface area contributed by atoms with Crippen molar-refractivity contribution >= 4 is 17.7 Å². The molecular weight excluding hydrogens is 154 g/mol. The van der Waals surface area contributed by atoms with Gasteiger partial charge in [-0.25, -0.2) is 0 Å². The van der Waals surface area contributed by atoms with E-state index in [1.165, 1.54) is 0 Å². The summed E-state index contributed by atoms with van der Waals surface area (Å²) < 4.78 is 0. The van der Waals surface area contributed by atoms with Crippen molar-refractivity contribution in [2.45, 2.75) is 0 Å². The standard InChI is InChI=1S/C2H8ClO4P/c3-8(6,7,1-4)2-5/h4-7H,1-2H2. The van der Waals surface area contributed by atoms with Crippen molar-refractivity contribution in [1.29, 1.82) is 0 Å². The van der Waals surface area contributed by atoms with Crippen LogP contribution in [0.2, 0.25) is 0 Å². The van der Waals surface area contributed by atoms with Gasteiger partial charge in [0.25, 0.3) is 0 Å². The van der Waals surface area contributed by atoms with Gasteiger partial charge in [0.2, 0.25) is 0 Å². The fourth-order valence-electron chi connectivity index (χ4n) is 0.0447.